The van der Waals surface area contributed by atoms with Crippen molar-refractivity contribution in [3.05, 3.63) is 22.7 Å². The molecule has 0 bridgehead atoms. The molecule has 0 saturated heterocycles. The molecule has 2 fully saturated rings. The molecule has 0 spiro atoms. The van der Waals surface area contributed by atoms with Crippen LogP contribution in [0.25, 0.3) is 10.2 Å². The molecule has 88 valence electrons. The van der Waals surface area contributed by atoms with Gasteiger partial charge in [0, 0.05) is 6.04 Å². The average molecular weight is 265 g/mol. The molecule has 1 aromatic heterocycles. The second-order valence-corrected chi connectivity index (χ2v) is 6.40. The molecule has 2 saturated carbocycles. The molecule has 0 amide bonds. The molecule has 3 atom stereocenters. The molecule has 17 heavy (non-hydrogen) atoms. The largest absolute Gasteiger partial charge is 0.379 e. The zero-order valence-electron chi connectivity index (χ0n) is 9.32. The fraction of sp³-hybridized carbons (Fsp3) is 0.462. The highest BCUT2D eigenvalue weighted by molar-refractivity contribution is 7.16. The number of nitrogens with zero attached hydrogens (tertiary/aromatic N) is 1. The monoisotopic (exact) mass is 264 g/mol. The first-order valence-electron chi connectivity index (χ1n) is 6.11. The highest BCUT2D eigenvalue weighted by Crippen LogP contribution is 2.53. The zero-order chi connectivity index (χ0) is 11.4. The summed E-state index contributed by atoms with van der Waals surface area (Å²) in [5, 5.41) is 4.44. The SMILES string of the molecule is Clc1ccc2scnc2c1NC1CCC2CC21. The molecule has 1 N–H and O–H groups in total. The maximum atomic E-state index is 6.30. The minimum Gasteiger partial charge on any atom is -0.379 e. The van der Waals surface area contributed by atoms with Gasteiger partial charge < -0.3 is 5.32 Å². The van der Waals surface area contributed by atoms with Crippen molar-refractivity contribution in [2.45, 2.75) is 25.3 Å². The van der Waals surface area contributed by atoms with Crippen LogP contribution >= 0.6 is 22.9 Å². The molecule has 4 heteroatoms. The zero-order valence-corrected chi connectivity index (χ0v) is 10.9. The van der Waals surface area contributed by atoms with Gasteiger partial charge in [0.25, 0.3) is 0 Å². The van der Waals surface area contributed by atoms with Crippen LogP contribution in [0, 0.1) is 11.8 Å². The van der Waals surface area contributed by atoms with E-state index >= 15 is 0 Å². The Kier molecular flexibility index (Phi) is 2.15. The molecule has 3 unspecified atom stereocenters. The Morgan fingerprint density at radius 1 is 1.35 bits per heavy atom. The first-order chi connectivity index (χ1) is 8.33. The molecule has 2 aromatic rings. The van der Waals surface area contributed by atoms with Gasteiger partial charge >= 0.3 is 0 Å². The first-order valence-corrected chi connectivity index (χ1v) is 7.37. The molecular formula is C13H13ClN2S. The van der Waals surface area contributed by atoms with Crippen LogP contribution in [0.1, 0.15) is 19.3 Å². The van der Waals surface area contributed by atoms with Crippen LogP contribution in [0.3, 0.4) is 0 Å². The summed E-state index contributed by atoms with van der Waals surface area (Å²) in [6, 6.07) is 4.64. The van der Waals surface area contributed by atoms with Crippen molar-refractivity contribution in [3.63, 3.8) is 0 Å². The van der Waals surface area contributed by atoms with Gasteiger partial charge in [-0.3, -0.25) is 0 Å². The summed E-state index contributed by atoms with van der Waals surface area (Å²) in [4.78, 5) is 4.43. The van der Waals surface area contributed by atoms with E-state index in [1.807, 2.05) is 11.6 Å². The third-order valence-electron chi connectivity index (χ3n) is 4.12. The minimum atomic E-state index is 0.616. The van der Waals surface area contributed by atoms with Crippen LogP contribution in [-0.4, -0.2) is 11.0 Å². The number of halogens is 1. The van der Waals surface area contributed by atoms with E-state index in [1.165, 1.54) is 24.0 Å². The van der Waals surface area contributed by atoms with Crippen LogP contribution < -0.4 is 5.32 Å². The number of hydrogen-bond donors (Lipinski definition) is 1. The van der Waals surface area contributed by atoms with Gasteiger partial charge in [-0.2, -0.15) is 0 Å². The number of aromatic nitrogens is 1. The predicted molar refractivity (Wildman–Crippen MR) is 72.9 cm³/mol. The van der Waals surface area contributed by atoms with Crippen LogP contribution in [0.4, 0.5) is 5.69 Å². The summed E-state index contributed by atoms with van der Waals surface area (Å²) in [6.07, 6.45) is 4.07. The van der Waals surface area contributed by atoms with Crippen molar-refractivity contribution in [2.75, 3.05) is 5.32 Å². The highest BCUT2D eigenvalue weighted by Gasteiger charge is 2.48. The fourth-order valence-corrected chi connectivity index (χ4v) is 4.00. The predicted octanol–water partition coefficient (Wildman–Crippen LogP) is 4.16. The van der Waals surface area contributed by atoms with E-state index in [-0.39, 0.29) is 0 Å². The summed E-state index contributed by atoms with van der Waals surface area (Å²) in [5.41, 5.74) is 3.97. The number of anilines is 1. The van der Waals surface area contributed by atoms with Gasteiger partial charge in [-0.1, -0.05) is 11.6 Å². The van der Waals surface area contributed by atoms with Crippen molar-refractivity contribution in [1.82, 2.24) is 4.98 Å². The Balaban J connectivity index is 1.73. The van der Waals surface area contributed by atoms with Gasteiger partial charge in [-0.15, -0.1) is 11.3 Å². The van der Waals surface area contributed by atoms with E-state index in [4.69, 9.17) is 11.6 Å². The van der Waals surface area contributed by atoms with Crippen molar-refractivity contribution >= 4 is 38.8 Å². The van der Waals surface area contributed by atoms with E-state index in [0.717, 1.165) is 28.1 Å². The van der Waals surface area contributed by atoms with Gasteiger partial charge in [0.05, 0.1) is 20.9 Å². The normalized spacial score (nSPS) is 30.5. The second kappa shape index (κ2) is 3.59. The maximum absolute atomic E-state index is 6.30. The summed E-state index contributed by atoms with van der Waals surface area (Å²) in [6.45, 7) is 0. The van der Waals surface area contributed by atoms with E-state index < -0.39 is 0 Å². The number of hydrogen-bond acceptors (Lipinski definition) is 3. The molecule has 2 nitrogen and oxygen atoms in total. The molecule has 0 aliphatic heterocycles. The quantitative estimate of drug-likeness (QED) is 0.881. The number of thiazole rings is 1. The Bertz CT molecular complexity index is 580. The van der Waals surface area contributed by atoms with Gasteiger partial charge in [-0.05, 0) is 43.2 Å². The average Bonchev–Trinajstić information content (AvgIpc) is 2.79. The number of fused-ring (bicyclic) bond motifs is 2. The Labute approximate surface area is 109 Å². The minimum absolute atomic E-state index is 0.616. The lowest BCUT2D eigenvalue weighted by atomic mass is 10.1. The standard InChI is InChI=1S/C13H13ClN2S/c14-9-2-4-11-13(15-6-17-11)12(9)16-10-3-1-7-5-8(7)10/h2,4,6-8,10,16H,1,3,5H2. The fourth-order valence-electron chi connectivity index (χ4n) is 3.11. The lowest BCUT2D eigenvalue weighted by Crippen LogP contribution is -2.19. The van der Waals surface area contributed by atoms with Gasteiger partial charge in [0.15, 0.2) is 0 Å². The highest BCUT2D eigenvalue weighted by atomic mass is 35.5. The lowest BCUT2D eigenvalue weighted by molar-refractivity contribution is 0.655. The van der Waals surface area contributed by atoms with Crippen molar-refractivity contribution < 1.29 is 0 Å². The number of rotatable bonds is 2. The smallest absolute Gasteiger partial charge is 0.106 e. The van der Waals surface area contributed by atoms with Crippen LogP contribution in [0.15, 0.2) is 17.6 Å². The molecule has 1 heterocycles. The molecule has 4 rings (SSSR count). The second-order valence-electron chi connectivity index (χ2n) is 5.11. The van der Waals surface area contributed by atoms with E-state index in [2.05, 4.69) is 16.4 Å². The Morgan fingerprint density at radius 2 is 2.29 bits per heavy atom. The third-order valence-corrected chi connectivity index (χ3v) is 5.23. The molecule has 1 aromatic carbocycles. The van der Waals surface area contributed by atoms with Crippen molar-refractivity contribution in [2.24, 2.45) is 11.8 Å². The first kappa shape index (κ1) is 10.2. The third kappa shape index (κ3) is 1.56. The van der Waals surface area contributed by atoms with E-state index in [9.17, 15) is 0 Å². The molecular weight excluding hydrogens is 252 g/mol. The van der Waals surface area contributed by atoms with Crippen LogP contribution in [0.2, 0.25) is 5.02 Å². The van der Waals surface area contributed by atoms with Crippen LogP contribution in [0.5, 0.6) is 0 Å². The van der Waals surface area contributed by atoms with Crippen molar-refractivity contribution in [1.29, 1.82) is 0 Å². The Hall–Kier alpha value is -0.800. The van der Waals surface area contributed by atoms with Gasteiger partial charge in [0.1, 0.15) is 5.52 Å². The summed E-state index contributed by atoms with van der Waals surface area (Å²) in [7, 11) is 0. The lowest BCUT2D eigenvalue weighted by Gasteiger charge is -2.17. The summed E-state index contributed by atoms with van der Waals surface area (Å²) >= 11 is 7.97. The van der Waals surface area contributed by atoms with Crippen LogP contribution in [-0.2, 0) is 0 Å². The maximum Gasteiger partial charge on any atom is 0.106 e. The summed E-state index contributed by atoms with van der Waals surface area (Å²) in [5.74, 6) is 1.88. The van der Waals surface area contributed by atoms with Crippen molar-refractivity contribution in [3.8, 4) is 0 Å². The van der Waals surface area contributed by atoms with Gasteiger partial charge in [-0.25, -0.2) is 4.98 Å². The topological polar surface area (TPSA) is 24.9 Å². The Morgan fingerprint density at radius 3 is 3.06 bits per heavy atom. The van der Waals surface area contributed by atoms with Gasteiger partial charge in [0.2, 0.25) is 0 Å². The molecule has 0 radical (unpaired) electrons. The van der Waals surface area contributed by atoms with E-state index in [0.29, 0.717) is 6.04 Å². The molecule has 2 aliphatic carbocycles. The summed E-state index contributed by atoms with van der Waals surface area (Å²) < 4.78 is 1.21. The molecule has 2 aliphatic rings. The van der Waals surface area contributed by atoms with E-state index in [1.54, 1.807) is 11.3 Å². The number of benzene rings is 1. The number of nitrogens with one attached hydrogen (secondary N) is 1.